The number of nitrogens with one attached hydrogen (secondary N) is 1. The molecule has 18 heavy (non-hydrogen) atoms. The van der Waals surface area contributed by atoms with Gasteiger partial charge in [0.2, 0.25) is 5.91 Å². The second-order valence-corrected chi connectivity index (χ2v) is 7.14. The zero-order valence-corrected chi connectivity index (χ0v) is 12.5. The molecule has 0 radical (unpaired) electrons. The van der Waals surface area contributed by atoms with Crippen molar-refractivity contribution in [3.8, 4) is 0 Å². The molecular formula is C14H27NO3. The Labute approximate surface area is 110 Å². The van der Waals surface area contributed by atoms with Gasteiger partial charge in [0.25, 0.3) is 0 Å². The highest BCUT2D eigenvalue weighted by Crippen LogP contribution is 2.30. The van der Waals surface area contributed by atoms with Crippen molar-refractivity contribution in [2.45, 2.75) is 66.8 Å². The molecule has 0 heterocycles. The molecule has 1 atom stereocenters. The lowest BCUT2D eigenvalue weighted by atomic mass is 9.77. The van der Waals surface area contributed by atoms with Gasteiger partial charge < -0.3 is 10.4 Å². The monoisotopic (exact) mass is 257 g/mol. The molecule has 2 N–H and O–H groups in total. The number of hydrogen-bond acceptors (Lipinski definition) is 2. The average molecular weight is 257 g/mol. The standard InChI is InChI=1S/C14H27NO3/c1-13(2,3)9-10(14(4,5)6)15-11(16)7-8-12(17)18/h10H,7-9H2,1-6H3,(H,15,16)(H,17,18). The first-order chi connectivity index (χ1) is 7.92. The van der Waals surface area contributed by atoms with Gasteiger partial charge in [0, 0.05) is 12.5 Å². The van der Waals surface area contributed by atoms with Crippen LogP contribution in [0.3, 0.4) is 0 Å². The highest BCUT2D eigenvalue weighted by Gasteiger charge is 2.30. The molecule has 1 unspecified atom stereocenters. The van der Waals surface area contributed by atoms with E-state index in [4.69, 9.17) is 5.11 Å². The van der Waals surface area contributed by atoms with Crippen molar-refractivity contribution in [1.29, 1.82) is 0 Å². The topological polar surface area (TPSA) is 66.4 Å². The van der Waals surface area contributed by atoms with E-state index in [-0.39, 0.29) is 35.6 Å². The lowest BCUT2D eigenvalue weighted by Gasteiger charge is -2.36. The first-order valence-corrected chi connectivity index (χ1v) is 6.43. The summed E-state index contributed by atoms with van der Waals surface area (Å²) in [6.07, 6.45) is 0.805. The van der Waals surface area contributed by atoms with Gasteiger partial charge in [0.05, 0.1) is 6.42 Å². The van der Waals surface area contributed by atoms with E-state index in [9.17, 15) is 9.59 Å². The van der Waals surface area contributed by atoms with Crippen molar-refractivity contribution in [2.75, 3.05) is 0 Å². The molecule has 0 aliphatic carbocycles. The van der Waals surface area contributed by atoms with E-state index in [1.54, 1.807) is 0 Å². The number of aliphatic carboxylic acids is 1. The van der Waals surface area contributed by atoms with Gasteiger partial charge in [-0.3, -0.25) is 9.59 Å². The maximum Gasteiger partial charge on any atom is 0.303 e. The summed E-state index contributed by atoms with van der Waals surface area (Å²) in [5.41, 5.74) is 0.0875. The first-order valence-electron chi connectivity index (χ1n) is 6.43. The molecule has 0 bridgehead atoms. The quantitative estimate of drug-likeness (QED) is 0.796. The summed E-state index contributed by atoms with van der Waals surface area (Å²) in [7, 11) is 0. The van der Waals surface area contributed by atoms with Crippen LogP contribution in [0.4, 0.5) is 0 Å². The molecule has 0 aromatic rings. The van der Waals surface area contributed by atoms with Crippen LogP contribution in [0.25, 0.3) is 0 Å². The SMILES string of the molecule is CC(C)(C)CC(NC(=O)CCC(=O)O)C(C)(C)C. The number of hydrogen-bond donors (Lipinski definition) is 2. The zero-order valence-electron chi connectivity index (χ0n) is 12.5. The van der Waals surface area contributed by atoms with Gasteiger partial charge in [0.15, 0.2) is 0 Å². The van der Waals surface area contributed by atoms with Crippen LogP contribution in [0.15, 0.2) is 0 Å². The van der Waals surface area contributed by atoms with Crippen LogP contribution in [0.5, 0.6) is 0 Å². The van der Waals surface area contributed by atoms with E-state index in [0.717, 1.165) is 6.42 Å². The minimum atomic E-state index is -0.937. The predicted octanol–water partition coefficient (Wildman–Crippen LogP) is 2.82. The second-order valence-electron chi connectivity index (χ2n) is 7.14. The summed E-state index contributed by atoms with van der Waals surface area (Å²) in [6.45, 7) is 12.7. The van der Waals surface area contributed by atoms with Gasteiger partial charge in [-0.25, -0.2) is 0 Å². The molecule has 0 spiro atoms. The Kier molecular flexibility index (Phi) is 5.84. The normalized spacial score (nSPS) is 14.1. The van der Waals surface area contributed by atoms with Crippen LogP contribution >= 0.6 is 0 Å². The maximum absolute atomic E-state index is 11.7. The maximum atomic E-state index is 11.7. The van der Waals surface area contributed by atoms with E-state index in [2.05, 4.69) is 46.9 Å². The minimum Gasteiger partial charge on any atom is -0.481 e. The van der Waals surface area contributed by atoms with Gasteiger partial charge >= 0.3 is 5.97 Å². The number of amides is 1. The van der Waals surface area contributed by atoms with Crippen molar-refractivity contribution in [1.82, 2.24) is 5.32 Å². The van der Waals surface area contributed by atoms with Crippen LogP contribution in [-0.2, 0) is 9.59 Å². The second kappa shape index (κ2) is 6.21. The van der Waals surface area contributed by atoms with Gasteiger partial charge in [-0.2, -0.15) is 0 Å². The Hall–Kier alpha value is -1.06. The molecule has 0 aromatic carbocycles. The Morgan fingerprint density at radius 3 is 1.89 bits per heavy atom. The van der Waals surface area contributed by atoms with Crippen molar-refractivity contribution < 1.29 is 14.7 Å². The molecule has 0 aliphatic heterocycles. The third-order valence-electron chi connectivity index (χ3n) is 2.76. The molecule has 0 aromatic heterocycles. The number of carbonyl (C=O) groups excluding carboxylic acids is 1. The lowest BCUT2D eigenvalue weighted by Crippen LogP contribution is -2.45. The average Bonchev–Trinajstić information content (AvgIpc) is 2.10. The summed E-state index contributed by atoms with van der Waals surface area (Å²) >= 11 is 0. The fraction of sp³-hybridized carbons (Fsp3) is 0.857. The van der Waals surface area contributed by atoms with Crippen molar-refractivity contribution in [2.24, 2.45) is 10.8 Å². The Morgan fingerprint density at radius 1 is 1.06 bits per heavy atom. The molecule has 0 rings (SSSR count). The predicted molar refractivity (Wildman–Crippen MR) is 72.3 cm³/mol. The smallest absolute Gasteiger partial charge is 0.303 e. The van der Waals surface area contributed by atoms with Crippen LogP contribution < -0.4 is 5.32 Å². The van der Waals surface area contributed by atoms with Gasteiger partial charge in [-0.15, -0.1) is 0 Å². The molecule has 0 saturated heterocycles. The summed E-state index contributed by atoms with van der Waals surface area (Å²) in [5, 5.41) is 11.5. The van der Waals surface area contributed by atoms with E-state index in [1.165, 1.54) is 0 Å². The van der Waals surface area contributed by atoms with Gasteiger partial charge in [0.1, 0.15) is 0 Å². The number of carboxylic acids is 1. The third-order valence-corrected chi connectivity index (χ3v) is 2.76. The fourth-order valence-corrected chi connectivity index (χ4v) is 1.67. The summed E-state index contributed by atoms with van der Waals surface area (Å²) in [5.74, 6) is -1.12. The summed E-state index contributed by atoms with van der Waals surface area (Å²) in [6, 6.07) is 0.0544. The van der Waals surface area contributed by atoms with Crippen molar-refractivity contribution >= 4 is 11.9 Å². The van der Waals surface area contributed by atoms with Crippen LogP contribution in [-0.4, -0.2) is 23.0 Å². The molecule has 0 aliphatic rings. The van der Waals surface area contributed by atoms with E-state index >= 15 is 0 Å². The van der Waals surface area contributed by atoms with E-state index < -0.39 is 5.97 Å². The summed E-state index contributed by atoms with van der Waals surface area (Å²) < 4.78 is 0. The van der Waals surface area contributed by atoms with Crippen LogP contribution in [0.2, 0.25) is 0 Å². The molecule has 106 valence electrons. The first kappa shape index (κ1) is 16.9. The Balaban J connectivity index is 4.52. The molecule has 0 fully saturated rings. The zero-order chi connectivity index (χ0) is 14.6. The number of carbonyl (C=O) groups is 2. The highest BCUT2D eigenvalue weighted by atomic mass is 16.4. The van der Waals surface area contributed by atoms with Crippen molar-refractivity contribution in [3.63, 3.8) is 0 Å². The molecule has 4 heteroatoms. The Bertz CT molecular complexity index is 297. The molecule has 1 amide bonds. The van der Waals surface area contributed by atoms with Gasteiger partial charge in [-0.05, 0) is 17.3 Å². The third kappa shape index (κ3) is 8.09. The van der Waals surface area contributed by atoms with Crippen molar-refractivity contribution in [3.05, 3.63) is 0 Å². The van der Waals surface area contributed by atoms with E-state index in [0.29, 0.717) is 0 Å². The van der Waals surface area contributed by atoms with Gasteiger partial charge in [-0.1, -0.05) is 41.5 Å². The largest absolute Gasteiger partial charge is 0.481 e. The number of rotatable bonds is 5. The van der Waals surface area contributed by atoms with Crippen LogP contribution in [0, 0.1) is 10.8 Å². The van der Waals surface area contributed by atoms with Crippen LogP contribution in [0.1, 0.15) is 60.8 Å². The van der Waals surface area contributed by atoms with E-state index in [1.807, 2.05) is 0 Å². The molecular weight excluding hydrogens is 230 g/mol. The Morgan fingerprint density at radius 2 is 1.56 bits per heavy atom. The highest BCUT2D eigenvalue weighted by molar-refractivity contribution is 5.80. The molecule has 0 saturated carbocycles. The molecule has 4 nitrogen and oxygen atoms in total. The minimum absolute atomic E-state index is 0.0356. The number of carboxylic acid groups (broad SMARTS) is 1. The summed E-state index contributed by atoms with van der Waals surface area (Å²) in [4.78, 5) is 22.2. The lowest BCUT2D eigenvalue weighted by molar-refractivity contribution is -0.139. The fourth-order valence-electron chi connectivity index (χ4n) is 1.67.